The number of hydrogen-bond donors (Lipinski definition) is 1. The maximum Gasteiger partial charge on any atom is 0.264 e. The smallest absolute Gasteiger partial charge is 0.264 e. The molecule has 0 aliphatic heterocycles. The second kappa shape index (κ2) is 14.0. The fourth-order valence-corrected chi connectivity index (χ4v) is 4.80. The fraction of sp³-hybridized carbons (Fsp3) is 0.114. The Balaban J connectivity index is 1.25. The van der Waals surface area contributed by atoms with Gasteiger partial charge in [0.25, 0.3) is 5.91 Å². The minimum absolute atomic E-state index is 0.0620. The number of carbonyl (C=O) groups is 1. The Morgan fingerprint density at radius 3 is 2.41 bits per heavy atom. The molecule has 0 spiro atoms. The molecular formula is C35H28N8O3. The number of nitrogens with one attached hydrogen (secondary N) is 1. The quantitative estimate of drug-likeness (QED) is 0.203. The summed E-state index contributed by atoms with van der Waals surface area (Å²) in [5, 5.41) is 20.8. The lowest BCUT2D eigenvalue weighted by Gasteiger charge is -2.16. The molecule has 1 N–H and O–H groups in total. The minimum Gasteiger partial charge on any atom is -0.484 e. The second-order valence-electron chi connectivity index (χ2n) is 10.2. The number of nitrogens with zero attached hydrogens (tertiary/aromatic N) is 7. The molecule has 1 amide bonds. The van der Waals surface area contributed by atoms with E-state index >= 15 is 0 Å². The van der Waals surface area contributed by atoms with Gasteiger partial charge < -0.3 is 9.47 Å². The zero-order valence-electron chi connectivity index (χ0n) is 24.8. The highest BCUT2D eigenvalue weighted by molar-refractivity contribution is 5.90. The molecule has 3 aromatic carbocycles. The van der Waals surface area contributed by atoms with Gasteiger partial charge in [-0.15, -0.1) is 5.10 Å². The molecule has 0 radical (unpaired) electrons. The van der Waals surface area contributed by atoms with Crippen LogP contribution in [0.5, 0.6) is 5.75 Å². The van der Waals surface area contributed by atoms with E-state index in [9.17, 15) is 10.1 Å². The lowest BCUT2D eigenvalue weighted by atomic mass is 10.1. The first-order chi connectivity index (χ1) is 22.6. The highest BCUT2D eigenvalue weighted by Gasteiger charge is 2.17. The summed E-state index contributed by atoms with van der Waals surface area (Å²) in [4.78, 5) is 26.7. The van der Waals surface area contributed by atoms with Gasteiger partial charge in [-0.3, -0.25) is 15.1 Å². The van der Waals surface area contributed by atoms with E-state index in [-0.39, 0.29) is 18.7 Å². The first-order valence-corrected chi connectivity index (χ1v) is 14.4. The molecule has 3 heterocycles. The van der Waals surface area contributed by atoms with E-state index < -0.39 is 5.91 Å². The average Bonchev–Trinajstić information content (AvgIpc) is 3.57. The molecular weight excluding hydrogens is 580 g/mol. The van der Waals surface area contributed by atoms with Crippen LogP contribution in [0.15, 0.2) is 115 Å². The van der Waals surface area contributed by atoms with Crippen LogP contribution in [0.2, 0.25) is 0 Å². The summed E-state index contributed by atoms with van der Waals surface area (Å²) >= 11 is 0. The Bertz CT molecular complexity index is 1990. The monoisotopic (exact) mass is 608 g/mol. The summed E-state index contributed by atoms with van der Waals surface area (Å²) < 4.78 is 13.0. The predicted octanol–water partition coefficient (Wildman–Crippen LogP) is 5.47. The summed E-state index contributed by atoms with van der Waals surface area (Å²) in [6.07, 6.45) is 1.44. The lowest BCUT2D eigenvalue weighted by Crippen LogP contribution is -2.21. The minimum atomic E-state index is -0.433. The molecule has 0 fully saturated rings. The number of methoxy groups -OCH3 is 1. The topological polar surface area (TPSA) is 141 Å². The first kappa shape index (κ1) is 29.8. The van der Waals surface area contributed by atoms with Crippen molar-refractivity contribution in [1.82, 2.24) is 29.9 Å². The average molecular weight is 609 g/mol. The van der Waals surface area contributed by atoms with Gasteiger partial charge in [0.15, 0.2) is 6.61 Å². The third-order valence-corrected chi connectivity index (χ3v) is 6.94. The number of para-hydroxylation sites is 1. The van der Waals surface area contributed by atoms with Gasteiger partial charge in [-0.05, 0) is 48.0 Å². The lowest BCUT2D eigenvalue weighted by molar-refractivity contribution is -0.118. The Labute approximate surface area is 265 Å². The van der Waals surface area contributed by atoms with Crippen LogP contribution >= 0.6 is 0 Å². The van der Waals surface area contributed by atoms with Crippen molar-refractivity contribution < 1.29 is 14.3 Å². The summed E-state index contributed by atoms with van der Waals surface area (Å²) in [7, 11) is 1.66. The van der Waals surface area contributed by atoms with Crippen LogP contribution in [-0.2, 0) is 16.1 Å². The third kappa shape index (κ3) is 7.27. The number of aromatic nitrogens is 6. The largest absolute Gasteiger partial charge is 0.484 e. The SMILES string of the molecule is COC(c1ccccc1)c1cccc(Cn2cc(-c3cc(-c4cccc(C#N)c4)nc(NC(=O)COc4ccccc4)n3)nn2)n1. The third-order valence-electron chi connectivity index (χ3n) is 6.94. The number of rotatable bonds is 11. The molecule has 3 aromatic heterocycles. The Kier molecular flexibility index (Phi) is 9.09. The molecule has 46 heavy (non-hydrogen) atoms. The molecule has 0 bridgehead atoms. The van der Waals surface area contributed by atoms with Crippen molar-refractivity contribution in [3.05, 3.63) is 138 Å². The normalized spacial score (nSPS) is 11.4. The summed E-state index contributed by atoms with van der Waals surface area (Å²) in [6, 6.07) is 35.6. The number of amides is 1. The van der Waals surface area contributed by atoms with E-state index in [1.165, 1.54) is 0 Å². The van der Waals surface area contributed by atoms with Crippen LogP contribution in [0.25, 0.3) is 22.6 Å². The van der Waals surface area contributed by atoms with Crippen molar-refractivity contribution in [2.75, 3.05) is 19.0 Å². The molecule has 0 saturated carbocycles. The molecule has 1 atom stereocenters. The number of ether oxygens (including phenoxy) is 2. The number of benzene rings is 3. The van der Waals surface area contributed by atoms with Crippen LogP contribution in [-0.4, -0.2) is 49.6 Å². The summed E-state index contributed by atoms with van der Waals surface area (Å²) in [6.45, 7) is 0.127. The van der Waals surface area contributed by atoms with E-state index in [4.69, 9.17) is 14.5 Å². The zero-order valence-corrected chi connectivity index (χ0v) is 24.8. The van der Waals surface area contributed by atoms with Crippen LogP contribution in [0.3, 0.4) is 0 Å². The van der Waals surface area contributed by atoms with Crippen molar-refractivity contribution in [2.45, 2.75) is 12.6 Å². The van der Waals surface area contributed by atoms with Crippen molar-refractivity contribution in [1.29, 1.82) is 5.26 Å². The van der Waals surface area contributed by atoms with Gasteiger partial charge in [-0.1, -0.05) is 71.9 Å². The maximum absolute atomic E-state index is 12.8. The Hall–Kier alpha value is -6.25. The van der Waals surface area contributed by atoms with Gasteiger partial charge >= 0.3 is 0 Å². The van der Waals surface area contributed by atoms with Crippen molar-refractivity contribution in [3.63, 3.8) is 0 Å². The van der Waals surface area contributed by atoms with Gasteiger partial charge in [-0.25, -0.2) is 14.6 Å². The van der Waals surface area contributed by atoms with Gasteiger partial charge in [0.05, 0.1) is 47.1 Å². The van der Waals surface area contributed by atoms with E-state index in [1.54, 1.807) is 54.4 Å². The second-order valence-corrected chi connectivity index (χ2v) is 10.2. The number of carbonyl (C=O) groups excluding carboxylic acids is 1. The molecule has 226 valence electrons. The zero-order chi connectivity index (χ0) is 31.7. The maximum atomic E-state index is 12.8. The molecule has 0 aliphatic carbocycles. The van der Waals surface area contributed by atoms with Crippen LogP contribution < -0.4 is 10.1 Å². The molecule has 0 aliphatic rings. The summed E-state index contributed by atoms with van der Waals surface area (Å²) in [5.74, 6) is 0.194. The molecule has 11 nitrogen and oxygen atoms in total. The molecule has 6 aromatic rings. The van der Waals surface area contributed by atoms with Crippen molar-refractivity contribution >= 4 is 11.9 Å². The van der Waals surface area contributed by atoms with E-state index in [2.05, 4.69) is 31.7 Å². The highest BCUT2D eigenvalue weighted by atomic mass is 16.5. The summed E-state index contributed by atoms with van der Waals surface area (Å²) in [5.41, 5.74) is 5.11. The van der Waals surface area contributed by atoms with Gasteiger partial charge in [0.1, 0.15) is 17.5 Å². The van der Waals surface area contributed by atoms with Gasteiger partial charge in [-0.2, -0.15) is 5.26 Å². The molecule has 1 unspecified atom stereocenters. The molecule has 0 saturated heterocycles. The van der Waals surface area contributed by atoms with Crippen molar-refractivity contribution in [3.8, 4) is 34.5 Å². The van der Waals surface area contributed by atoms with Crippen LogP contribution in [0.4, 0.5) is 5.95 Å². The van der Waals surface area contributed by atoms with E-state index in [0.717, 1.165) is 17.0 Å². The number of nitriles is 1. The van der Waals surface area contributed by atoms with Gasteiger partial charge in [0.2, 0.25) is 5.95 Å². The fourth-order valence-electron chi connectivity index (χ4n) is 4.80. The van der Waals surface area contributed by atoms with E-state index in [1.807, 2.05) is 72.8 Å². The highest BCUT2D eigenvalue weighted by Crippen LogP contribution is 2.26. The Morgan fingerprint density at radius 1 is 0.870 bits per heavy atom. The molecule has 11 heteroatoms. The standard InChI is InChI=1S/C35H28N8O3/c1-45-34(25-11-4-2-5-12-25)29-17-9-14-27(37-29)21-43-22-32(41-42-43)31-19-30(26-13-8-10-24(18-26)20-36)38-35(39-31)40-33(44)23-46-28-15-6-3-7-16-28/h2-19,22,34H,21,23H2,1H3,(H,38,39,40,44). The number of pyridine rings is 1. The van der Waals surface area contributed by atoms with E-state index in [0.29, 0.717) is 40.5 Å². The van der Waals surface area contributed by atoms with Crippen LogP contribution in [0.1, 0.15) is 28.6 Å². The van der Waals surface area contributed by atoms with Crippen molar-refractivity contribution in [2.24, 2.45) is 0 Å². The predicted molar refractivity (Wildman–Crippen MR) is 170 cm³/mol. The van der Waals surface area contributed by atoms with Gasteiger partial charge in [0, 0.05) is 12.7 Å². The number of hydrogen-bond acceptors (Lipinski definition) is 9. The Morgan fingerprint density at radius 2 is 1.63 bits per heavy atom. The van der Waals surface area contributed by atoms with Crippen LogP contribution in [0, 0.1) is 11.3 Å². The first-order valence-electron chi connectivity index (χ1n) is 14.4. The molecule has 6 rings (SSSR count). The number of anilines is 1.